The third kappa shape index (κ3) is 2.70. The molecule has 2 rings (SSSR count). The molecule has 1 aliphatic rings. The number of amides is 1. The van der Waals surface area contributed by atoms with E-state index in [4.69, 9.17) is 9.47 Å². The van der Waals surface area contributed by atoms with Gasteiger partial charge in [-0.05, 0) is 12.1 Å². The third-order valence-electron chi connectivity index (χ3n) is 2.99. The molecule has 1 saturated heterocycles. The number of ether oxygens (including phenoxy) is 2. The van der Waals surface area contributed by atoms with Gasteiger partial charge in [-0.2, -0.15) is 4.31 Å². The van der Waals surface area contributed by atoms with Gasteiger partial charge in [0.15, 0.2) is 0 Å². The van der Waals surface area contributed by atoms with E-state index >= 15 is 0 Å². The molecule has 20 heavy (non-hydrogen) atoms. The van der Waals surface area contributed by atoms with Crippen LogP contribution < -0.4 is 14.8 Å². The summed E-state index contributed by atoms with van der Waals surface area (Å²) in [5.74, 6) is 0.375. The fraction of sp³-hybridized carbons (Fsp3) is 0.417. The molecule has 0 aliphatic carbocycles. The lowest BCUT2D eigenvalue weighted by atomic mass is 10.3. The van der Waals surface area contributed by atoms with E-state index in [1.165, 1.54) is 26.4 Å². The van der Waals surface area contributed by atoms with E-state index in [1.54, 1.807) is 6.07 Å². The van der Waals surface area contributed by atoms with E-state index in [1.807, 2.05) is 0 Å². The molecular weight excluding hydrogens is 284 g/mol. The van der Waals surface area contributed by atoms with Crippen molar-refractivity contribution in [1.29, 1.82) is 0 Å². The van der Waals surface area contributed by atoms with Gasteiger partial charge in [0, 0.05) is 19.2 Å². The van der Waals surface area contributed by atoms with Gasteiger partial charge in [0.1, 0.15) is 16.4 Å². The highest BCUT2D eigenvalue weighted by Gasteiger charge is 2.31. The molecule has 1 N–H and O–H groups in total. The number of sulfonamides is 1. The summed E-state index contributed by atoms with van der Waals surface area (Å²) in [4.78, 5) is 11.4. The van der Waals surface area contributed by atoms with Crippen LogP contribution >= 0.6 is 0 Å². The van der Waals surface area contributed by atoms with Crippen LogP contribution in [0.3, 0.4) is 0 Å². The topological polar surface area (TPSA) is 84.9 Å². The average molecular weight is 300 g/mol. The normalized spacial score (nSPS) is 16.6. The first-order valence-corrected chi connectivity index (χ1v) is 7.42. The maximum atomic E-state index is 12.5. The van der Waals surface area contributed by atoms with E-state index < -0.39 is 10.0 Å². The molecule has 0 radical (unpaired) electrons. The fourth-order valence-corrected chi connectivity index (χ4v) is 3.48. The number of methoxy groups -OCH3 is 2. The number of hydrogen-bond acceptors (Lipinski definition) is 5. The Morgan fingerprint density at radius 1 is 1.25 bits per heavy atom. The zero-order valence-corrected chi connectivity index (χ0v) is 12.1. The smallest absolute Gasteiger partial charge is 0.247 e. The van der Waals surface area contributed by atoms with Crippen molar-refractivity contribution >= 4 is 15.9 Å². The number of hydrogen-bond donors (Lipinski definition) is 1. The zero-order valence-electron chi connectivity index (χ0n) is 11.3. The largest absolute Gasteiger partial charge is 0.497 e. The van der Waals surface area contributed by atoms with Gasteiger partial charge in [-0.1, -0.05) is 0 Å². The minimum absolute atomic E-state index is 0.0236. The molecule has 1 heterocycles. The standard InChI is InChI=1S/C12H16N2O5S/c1-18-9-3-4-11(10(7-9)19-2)20(16,17)14-6-5-13-12(15)8-14/h3-4,7H,5-6,8H2,1-2H3,(H,13,15). The highest BCUT2D eigenvalue weighted by atomic mass is 32.2. The van der Waals surface area contributed by atoms with Crippen molar-refractivity contribution in [1.82, 2.24) is 9.62 Å². The van der Waals surface area contributed by atoms with Gasteiger partial charge in [0.25, 0.3) is 0 Å². The summed E-state index contributed by atoms with van der Waals surface area (Å²) in [6.45, 7) is 0.358. The fourth-order valence-electron chi connectivity index (χ4n) is 1.95. The van der Waals surface area contributed by atoms with Crippen LogP contribution in [0.5, 0.6) is 11.5 Å². The van der Waals surface area contributed by atoms with E-state index in [2.05, 4.69) is 5.32 Å². The van der Waals surface area contributed by atoms with Gasteiger partial charge in [-0.15, -0.1) is 0 Å². The van der Waals surface area contributed by atoms with Crippen molar-refractivity contribution in [3.05, 3.63) is 18.2 Å². The first kappa shape index (κ1) is 14.6. The summed E-state index contributed by atoms with van der Waals surface area (Å²) in [6.07, 6.45) is 0. The van der Waals surface area contributed by atoms with Crippen molar-refractivity contribution in [2.24, 2.45) is 0 Å². The molecule has 0 spiro atoms. The molecule has 0 unspecified atom stereocenters. The minimum atomic E-state index is -3.77. The van der Waals surface area contributed by atoms with Crippen LogP contribution in [0.4, 0.5) is 0 Å². The van der Waals surface area contributed by atoms with Gasteiger partial charge >= 0.3 is 0 Å². The summed E-state index contributed by atoms with van der Waals surface area (Å²) in [7, 11) is -0.901. The Hall–Kier alpha value is -1.80. The van der Waals surface area contributed by atoms with Crippen LogP contribution in [0, 0.1) is 0 Å². The molecule has 8 heteroatoms. The number of nitrogens with one attached hydrogen (secondary N) is 1. The molecule has 1 aromatic rings. The number of nitrogens with zero attached hydrogens (tertiary/aromatic N) is 1. The average Bonchev–Trinajstić information content (AvgIpc) is 2.46. The number of piperazine rings is 1. The molecule has 7 nitrogen and oxygen atoms in total. The van der Waals surface area contributed by atoms with Crippen molar-refractivity contribution in [2.45, 2.75) is 4.90 Å². The molecular formula is C12H16N2O5S. The Morgan fingerprint density at radius 2 is 2.00 bits per heavy atom. The predicted octanol–water partition coefficient (Wildman–Crippen LogP) is -0.176. The second kappa shape index (κ2) is 5.68. The highest BCUT2D eigenvalue weighted by molar-refractivity contribution is 7.89. The number of rotatable bonds is 4. The summed E-state index contributed by atoms with van der Waals surface area (Å²) in [5, 5.41) is 2.59. The number of carbonyl (C=O) groups excluding carboxylic acids is 1. The maximum absolute atomic E-state index is 12.5. The van der Waals surface area contributed by atoms with Crippen LogP contribution in [0.15, 0.2) is 23.1 Å². The Kier molecular flexibility index (Phi) is 4.15. The second-order valence-electron chi connectivity index (χ2n) is 4.21. The number of carbonyl (C=O) groups is 1. The molecule has 1 amide bonds. The first-order chi connectivity index (χ1) is 9.48. The summed E-state index contributed by atoms with van der Waals surface area (Å²) in [6, 6.07) is 4.45. The lowest BCUT2D eigenvalue weighted by Crippen LogP contribution is -2.49. The van der Waals surface area contributed by atoms with E-state index in [0.717, 1.165) is 4.31 Å². The first-order valence-electron chi connectivity index (χ1n) is 5.98. The predicted molar refractivity (Wildman–Crippen MR) is 71.3 cm³/mol. The van der Waals surface area contributed by atoms with Crippen molar-refractivity contribution in [3.8, 4) is 11.5 Å². The zero-order chi connectivity index (χ0) is 14.8. The molecule has 1 fully saturated rings. The highest BCUT2D eigenvalue weighted by Crippen LogP contribution is 2.30. The second-order valence-corrected chi connectivity index (χ2v) is 6.11. The van der Waals surface area contributed by atoms with Crippen molar-refractivity contribution < 1.29 is 22.7 Å². The Morgan fingerprint density at radius 3 is 2.60 bits per heavy atom. The van der Waals surface area contributed by atoms with Gasteiger partial charge in [-0.25, -0.2) is 8.42 Å². The summed E-state index contributed by atoms with van der Waals surface area (Å²) >= 11 is 0. The SMILES string of the molecule is COc1ccc(S(=O)(=O)N2CCNC(=O)C2)c(OC)c1. The third-order valence-corrected chi connectivity index (χ3v) is 4.88. The van der Waals surface area contributed by atoms with Crippen LogP contribution in [0.2, 0.25) is 0 Å². The van der Waals surface area contributed by atoms with Gasteiger partial charge < -0.3 is 14.8 Å². The minimum Gasteiger partial charge on any atom is -0.497 e. The Bertz CT molecular complexity index is 614. The molecule has 110 valence electrons. The lowest BCUT2D eigenvalue weighted by Gasteiger charge is -2.26. The molecule has 0 aromatic heterocycles. The molecule has 0 atom stereocenters. The van der Waals surface area contributed by atoms with Crippen LogP contribution in [0.25, 0.3) is 0 Å². The van der Waals surface area contributed by atoms with Crippen LogP contribution in [0.1, 0.15) is 0 Å². The Labute approximate surface area is 117 Å². The summed E-state index contributed by atoms with van der Waals surface area (Å²) in [5.41, 5.74) is 0. The van der Waals surface area contributed by atoms with E-state index in [9.17, 15) is 13.2 Å². The molecule has 0 bridgehead atoms. The van der Waals surface area contributed by atoms with Crippen molar-refractivity contribution in [3.63, 3.8) is 0 Å². The van der Waals surface area contributed by atoms with Gasteiger partial charge in [0.2, 0.25) is 15.9 Å². The molecule has 1 aromatic carbocycles. The summed E-state index contributed by atoms with van der Waals surface area (Å²) < 4.78 is 36.3. The lowest BCUT2D eigenvalue weighted by molar-refractivity contribution is -0.122. The van der Waals surface area contributed by atoms with E-state index in [0.29, 0.717) is 12.3 Å². The van der Waals surface area contributed by atoms with E-state index in [-0.39, 0.29) is 29.6 Å². The van der Waals surface area contributed by atoms with Gasteiger partial charge in [-0.3, -0.25) is 4.79 Å². The monoisotopic (exact) mass is 300 g/mol. The quantitative estimate of drug-likeness (QED) is 0.834. The molecule has 0 saturated carbocycles. The van der Waals surface area contributed by atoms with Crippen LogP contribution in [-0.2, 0) is 14.8 Å². The van der Waals surface area contributed by atoms with Gasteiger partial charge in [0.05, 0.1) is 20.8 Å². The number of benzene rings is 1. The Balaban J connectivity index is 2.40. The molecule has 1 aliphatic heterocycles. The van der Waals surface area contributed by atoms with Crippen LogP contribution in [-0.4, -0.2) is 52.5 Å². The maximum Gasteiger partial charge on any atom is 0.247 e. The van der Waals surface area contributed by atoms with Crippen molar-refractivity contribution in [2.75, 3.05) is 33.9 Å².